The minimum Gasteiger partial charge on any atom is -0.493 e. The molecule has 2 aromatic carbocycles. The number of hydrogen-bond acceptors (Lipinski definition) is 4. The molecule has 2 aromatic rings. The topological polar surface area (TPSA) is 62.8 Å². The van der Waals surface area contributed by atoms with E-state index >= 15 is 0 Å². The van der Waals surface area contributed by atoms with Crippen molar-refractivity contribution < 1.29 is 23.0 Å². The van der Waals surface area contributed by atoms with Gasteiger partial charge in [-0.2, -0.15) is 0 Å². The van der Waals surface area contributed by atoms with Crippen molar-refractivity contribution in [3.63, 3.8) is 0 Å². The van der Waals surface area contributed by atoms with Gasteiger partial charge in [0.15, 0.2) is 23.1 Å². The smallest absolute Gasteiger partial charge is 0.319 e. The summed E-state index contributed by atoms with van der Waals surface area (Å²) in [6.07, 6.45) is 4.52. The summed E-state index contributed by atoms with van der Waals surface area (Å²) in [7, 11) is 3.79. The molecule has 34 heavy (non-hydrogen) atoms. The third kappa shape index (κ3) is 4.82. The molecule has 0 bridgehead atoms. The molecule has 6 nitrogen and oxygen atoms in total. The van der Waals surface area contributed by atoms with Gasteiger partial charge in [0, 0.05) is 29.3 Å². The number of methoxy groups -OCH3 is 1. The van der Waals surface area contributed by atoms with E-state index in [0.29, 0.717) is 6.61 Å². The summed E-state index contributed by atoms with van der Waals surface area (Å²) in [6.45, 7) is 3.69. The number of carbonyl (C=O) groups excluding carboxylic acids is 1. The Morgan fingerprint density at radius 2 is 1.97 bits per heavy atom. The Balaban J connectivity index is 1.48. The number of nitrogens with zero attached hydrogens (tertiary/aromatic N) is 1. The van der Waals surface area contributed by atoms with Gasteiger partial charge in [-0.05, 0) is 75.5 Å². The fourth-order valence-electron chi connectivity index (χ4n) is 5.49. The van der Waals surface area contributed by atoms with Gasteiger partial charge in [-0.15, -0.1) is 0 Å². The van der Waals surface area contributed by atoms with Crippen LogP contribution in [0.5, 0.6) is 11.5 Å². The number of halogens is 2. The first-order valence-electron chi connectivity index (χ1n) is 11.9. The molecule has 8 heteroatoms. The molecule has 3 atom stereocenters. The second-order valence-corrected chi connectivity index (χ2v) is 9.32. The predicted octanol–water partition coefficient (Wildman–Crippen LogP) is 5.08. The van der Waals surface area contributed by atoms with Gasteiger partial charge < -0.3 is 25.0 Å². The minimum absolute atomic E-state index is 0.0138. The van der Waals surface area contributed by atoms with Crippen molar-refractivity contribution in [2.75, 3.05) is 32.6 Å². The van der Waals surface area contributed by atoms with Gasteiger partial charge in [-0.1, -0.05) is 13.0 Å². The van der Waals surface area contributed by atoms with Gasteiger partial charge in [-0.3, -0.25) is 0 Å². The number of carbonyl (C=O) groups is 1. The fraction of sp³-hybridized carbons (Fsp3) is 0.500. The minimum atomic E-state index is -0.991. The van der Waals surface area contributed by atoms with E-state index in [1.54, 1.807) is 7.11 Å². The largest absolute Gasteiger partial charge is 0.493 e. The Hall–Kier alpha value is -2.87. The lowest BCUT2D eigenvalue weighted by Crippen LogP contribution is -2.52. The van der Waals surface area contributed by atoms with Crippen LogP contribution < -0.4 is 20.1 Å². The number of ether oxygens (including phenoxy) is 2. The Kier molecular flexibility index (Phi) is 7.26. The van der Waals surface area contributed by atoms with Crippen LogP contribution in [0.15, 0.2) is 36.4 Å². The van der Waals surface area contributed by atoms with E-state index < -0.39 is 17.7 Å². The molecule has 1 aliphatic heterocycles. The summed E-state index contributed by atoms with van der Waals surface area (Å²) in [5.41, 5.74) is 1.45. The third-order valence-electron chi connectivity index (χ3n) is 7.24. The number of likely N-dealkylation sites (N-methyl/N-ethyl adjacent to an activating group) is 1. The molecule has 1 heterocycles. The molecular formula is C26H33F2N3O3. The average molecular weight is 474 g/mol. The molecule has 184 valence electrons. The molecule has 0 radical (unpaired) electrons. The SMILES string of the molecule is CCCOc1cc(C23CCC(NC(=O)Nc4ccc(F)c(F)c4)CC2N(C)CC3)ccc1OC. The van der Waals surface area contributed by atoms with Crippen molar-refractivity contribution >= 4 is 11.7 Å². The van der Waals surface area contributed by atoms with Crippen LogP contribution in [-0.4, -0.2) is 50.3 Å². The maximum atomic E-state index is 13.5. The fourth-order valence-corrected chi connectivity index (χ4v) is 5.49. The van der Waals surface area contributed by atoms with Crippen LogP contribution in [0.2, 0.25) is 0 Å². The Bertz CT molecular complexity index is 1030. The number of rotatable bonds is 7. The predicted molar refractivity (Wildman–Crippen MR) is 128 cm³/mol. The molecular weight excluding hydrogens is 440 g/mol. The summed E-state index contributed by atoms with van der Waals surface area (Å²) >= 11 is 0. The summed E-state index contributed by atoms with van der Waals surface area (Å²) in [5.74, 6) is -0.424. The highest BCUT2D eigenvalue weighted by atomic mass is 19.2. The summed E-state index contributed by atoms with van der Waals surface area (Å²) in [4.78, 5) is 14.9. The zero-order valence-corrected chi connectivity index (χ0v) is 20.0. The van der Waals surface area contributed by atoms with Crippen LogP contribution in [0.4, 0.5) is 19.3 Å². The van der Waals surface area contributed by atoms with E-state index in [0.717, 1.165) is 62.3 Å². The maximum Gasteiger partial charge on any atom is 0.319 e. The number of anilines is 1. The maximum absolute atomic E-state index is 13.5. The van der Waals surface area contributed by atoms with Gasteiger partial charge in [0.25, 0.3) is 0 Å². The first-order chi connectivity index (χ1) is 16.4. The molecule has 1 saturated heterocycles. The zero-order valence-electron chi connectivity index (χ0n) is 20.0. The quantitative estimate of drug-likeness (QED) is 0.589. The molecule has 0 spiro atoms. The Labute approximate surface area is 199 Å². The Morgan fingerprint density at radius 3 is 2.71 bits per heavy atom. The van der Waals surface area contributed by atoms with Crippen LogP contribution in [0.25, 0.3) is 0 Å². The molecule has 1 aliphatic carbocycles. The highest BCUT2D eigenvalue weighted by Gasteiger charge is 2.50. The molecule has 0 aromatic heterocycles. The van der Waals surface area contributed by atoms with E-state index in [1.165, 1.54) is 11.6 Å². The second-order valence-electron chi connectivity index (χ2n) is 9.32. The normalized spacial score (nSPS) is 24.4. The van der Waals surface area contributed by atoms with E-state index in [-0.39, 0.29) is 23.2 Å². The van der Waals surface area contributed by atoms with Crippen LogP contribution in [-0.2, 0) is 5.41 Å². The van der Waals surface area contributed by atoms with Crippen molar-refractivity contribution in [2.45, 2.75) is 56.5 Å². The summed E-state index contributed by atoms with van der Waals surface area (Å²) < 4.78 is 38.1. The molecule has 2 aliphatic rings. The lowest BCUT2D eigenvalue weighted by atomic mass is 9.65. The summed E-state index contributed by atoms with van der Waals surface area (Å²) in [6, 6.07) is 9.43. The van der Waals surface area contributed by atoms with E-state index in [4.69, 9.17) is 9.47 Å². The van der Waals surface area contributed by atoms with Crippen molar-refractivity contribution in [2.24, 2.45) is 0 Å². The molecule has 1 saturated carbocycles. The number of benzene rings is 2. The van der Waals surface area contributed by atoms with Gasteiger partial charge >= 0.3 is 6.03 Å². The summed E-state index contributed by atoms with van der Waals surface area (Å²) in [5, 5.41) is 5.63. The van der Waals surface area contributed by atoms with Crippen molar-refractivity contribution in [3.05, 3.63) is 53.6 Å². The first kappa shape index (κ1) is 24.3. The lowest BCUT2D eigenvalue weighted by Gasteiger charge is -2.45. The van der Waals surface area contributed by atoms with Gasteiger partial charge in [0.2, 0.25) is 0 Å². The van der Waals surface area contributed by atoms with E-state index in [9.17, 15) is 13.6 Å². The molecule has 2 fully saturated rings. The van der Waals surface area contributed by atoms with Crippen molar-refractivity contribution in [1.29, 1.82) is 0 Å². The second kappa shape index (κ2) is 10.2. The number of hydrogen-bond donors (Lipinski definition) is 2. The van der Waals surface area contributed by atoms with Crippen LogP contribution in [0, 0.1) is 11.6 Å². The monoisotopic (exact) mass is 473 g/mol. The number of fused-ring (bicyclic) bond motifs is 1. The van der Waals surface area contributed by atoms with Gasteiger partial charge in [0.1, 0.15) is 0 Å². The molecule has 2 amide bonds. The standard InChI is InChI=1S/C26H33F2N3O3/c1-4-13-34-23-14-17(5-8-22(23)33-3)26-10-9-19(16-24(26)31(2)12-11-26)30-25(32)29-18-6-7-20(27)21(28)15-18/h5-8,14-15,19,24H,4,9-13,16H2,1-3H3,(H2,29,30,32). The molecule has 3 unspecified atom stereocenters. The van der Waals surface area contributed by atoms with Crippen LogP contribution >= 0.6 is 0 Å². The number of urea groups is 1. The van der Waals surface area contributed by atoms with Crippen molar-refractivity contribution in [1.82, 2.24) is 10.2 Å². The molecule has 4 rings (SSSR count). The first-order valence-corrected chi connectivity index (χ1v) is 11.9. The van der Waals surface area contributed by atoms with E-state index in [1.807, 2.05) is 6.07 Å². The number of nitrogens with one attached hydrogen (secondary N) is 2. The number of likely N-dealkylation sites (tertiary alicyclic amines) is 1. The van der Waals surface area contributed by atoms with Gasteiger partial charge in [-0.25, -0.2) is 13.6 Å². The number of amides is 2. The average Bonchev–Trinajstić information content (AvgIpc) is 3.17. The molecule has 2 N–H and O–H groups in total. The van der Waals surface area contributed by atoms with Gasteiger partial charge in [0.05, 0.1) is 13.7 Å². The van der Waals surface area contributed by atoms with E-state index in [2.05, 4.69) is 41.6 Å². The third-order valence-corrected chi connectivity index (χ3v) is 7.24. The highest BCUT2D eigenvalue weighted by Crippen LogP contribution is 2.49. The van der Waals surface area contributed by atoms with Crippen molar-refractivity contribution in [3.8, 4) is 11.5 Å². The lowest BCUT2D eigenvalue weighted by molar-refractivity contribution is 0.156. The Morgan fingerprint density at radius 1 is 1.15 bits per heavy atom. The highest BCUT2D eigenvalue weighted by molar-refractivity contribution is 5.89. The van der Waals surface area contributed by atoms with Crippen LogP contribution in [0.3, 0.4) is 0 Å². The van der Waals surface area contributed by atoms with Crippen LogP contribution in [0.1, 0.15) is 44.6 Å². The zero-order chi connectivity index (χ0) is 24.3.